The Bertz CT molecular complexity index is 335. The molecule has 76 valence electrons. The monoisotopic (exact) mass is 194 g/mol. The molecule has 0 fully saturated rings. The van der Waals surface area contributed by atoms with Gasteiger partial charge in [0, 0.05) is 44.2 Å². The highest BCUT2D eigenvalue weighted by Crippen LogP contribution is 2.16. The van der Waals surface area contributed by atoms with E-state index in [1.165, 1.54) is 0 Å². The first-order valence-corrected chi connectivity index (χ1v) is 4.21. The van der Waals surface area contributed by atoms with E-state index in [4.69, 9.17) is 10.9 Å². The van der Waals surface area contributed by atoms with Gasteiger partial charge in [0.15, 0.2) is 0 Å². The lowest BCUT2D eigenvalue weighted by Gasteiger charge is -2.16. The SMILES string of the molecule is CN(C)c1ccncc1C/C(N)=N/O. The van der Waals surface area contributed by atoms with Gasteiger partial charge in [0.05, 0.1) is 0 Å². The molecule has 0 aliphatic rings. The average molecular weight is 194 g/mol. The Balaban J connectivity index is 2.96. The molecule has 0 unspecified atom stereocenters. The summed E-state index contributed by atoms with van der Waals surface area (Å²) in [6.07, 6.45) is 3.83. The summed E-state index contributed by atoms with van der Waals surface area (Å²) in [6, 6.07) is 1.89. The molecule has 14 heavy (non-hydrogen) atoms. The number of hydrogen-bond donors (Lipinski definition) is 2. The van der Waals surface area contributed by atoms with Crippen molar-refractivity contribution in [2.75, 3.05) is 19.0 Å². The van der Waals surface area contributed by atoms with Gasteiger partial charge in [-0.3, -0.25) is 4.98 Å². The fourth-order valence-corrected chi connectivity index (χ4v) is 1.22. The molecule has 1 rings (SSSR count). The summed E-state index contributed by atoms with van der Waals surface area (Å²) in [5.41, 5.74) is 7.39. The number of rotatable bonds is 3. The Morgan fingerprint density at radius 2 is 2.36 bits per heavy atom. The van der Waals surface area contributed by atoms with E-state index in [0.29, 0.717) is 6.42 Å². The summed E-state index contributed by atoms with van der Waals surface area (Å²) < 4.78 is 0. The molecule has 0 bridgehead atoms. The molecule has 0 saturated heterocycles. The van der Waals surface area contributed by atoms with Gasteiger partial charge in [-0.15, -0.1) is 0 Å². The Hall–Kier alpha value is -1.78. The number of pyridine rings is 1. The molecule has 5 nitrogen and oxygen atoms in total. The highest BCUT2D eigenvalue weighted by atomic mass is 16.4. The second kappa shape index (κ2) is 4.45. The number of nitrogens with two attached hydrogens (primary N) is 1. The van der Waals surface area contributed by atoms with Gasteiger partial charge in [-0.05, 0) is 6.07 Å². The summed E-state index contributed by atoms with van der Waals surface area (Å²) in [5, 5.41) is 11.4. The van der Waals surface area contributed by atoms with Gasteiger partial charge in [-0.1, -0.05) is 5.16 Å². The van der Waals surface area contributed by atoms with Gasteiger partial charge in [0.2, 0.25) is 0 Å². The lowest BCUT2D eigenvalue weighted by molar-refractivity contribution is 0.317. The fraction of sp³-hybridized carbons (Fsp3) is 0.333. The van der Waals surface area contributed by atoms with Crippen molar-refractivity contribution in [1.29, 1.82) is 0 Å². The molecule has 0 radical (unpaired) electrons. The minimum Gasteiger partial charge on any atom is -0.409 e. The van der Waals surface area contributed by atoms with Gasteiger partial charge >= 0.3 is 0 Å². The first-order valence-electron chi connectivity index (χ1n) is 4.21. The maximum absolute atomic E-state index is 8.45. The Labute approximate surface area is 82.9 Å². The van der Waals surface area contributed by atoms with Crippen LogP contribution in [-0.4, -0.2) is 30.1 Å². The van der Waals surface area contributed by atoms with E-state index < -0.39 is 0 Å². The highest BCUT2D eigenvalue weighted by molar-refractivity contribution is 5.83. The molecule has 0 aliphatic heterocycles. The minimum atomic E-state index is 0.182. The van der Waals surface area contributed by atoms with E-state index in [2.05, 4.69) is 10.1 Å². The Morgan fingerprint density at radius 1 is 1.64 bits per heavy atom. The third-order valence-corrected chi connectivity index (χ3v) is 1.86. The van der Waals surface area contributed by atoms with Gasteiger partial charge < -0.3 is 15.8 Å². The maximum Gasteiger partial charge on any atom is 0.143 e. The molecule has 0 aliphatic carbocycles. The number of hydrogen-bond acceptors (Lipinski definition) is 4. The zero-order valence-electron chi connectivity index (χ0n) is 8.31. The first-order chi connectivity index (χ1) is 6.65. The smallest absolute Gasteiger partial charge is 0.143 e. The van der Waals surface area contributed by atoms with Crippen molar-refractivity contribution in [2.24, 2.45) is 10.9 Å². The molecule has 3 N–H and O–H groups in total. The van der Waals surface area contributed by atoms with Gasteiger partial charge in [-0.2, -0.15) is 0 Å². The molecular weight excluding hydrogens is 180 g/mol. The van der Waals surface area contributed by atoms with E-state index in [1.807, 2.05) is 25.1 Å². The molecule has 5 heteroatoms. The van der Waals surface area contributed by atoms with Crippen molar-refractivity contribution in [2.45, 2.75) is 6.42 Å². The van der Waals surface area contributed by atoms with Crippen LogP contribution in [0.2, 0.25) is 0 Å². The molecule has 0 amide bonds. The Kier molecular flexibility index (Phi) is 3.28. The van der Waals surface area contributed by atoms with Gasteiger partial charge in [-0.25, -0.2) is 0 Å². The second-order valence-corrected chi connectivity index (χ2v) is 3.17. The van der Waals surface area contributed by atoms with Crippen LogP contribution in [0.25, 0.3) is 0 Å². The molecule has 1 aromatic rings. The van der Waals surface area contributed by atoms with E-state index in [-0.39, 0.29) is 5.84 Å². The summed E-state index contributed by atoms with van der Waals surface area (Å²) in [5.74, 6) is 0.182. The summed E-state index contributed by atoms with van der Waals surface area (Å²) in [6.45, 7) is 0. The predicted molar refractivity (Wildman–Crippen MR) is 55.7 cm³/mol. The van der Waals surface area contributed by atoms with Crippen LogP contribution in [0.4, 0.5) is 5.69 Å². The molecule has 1 aromatic heterocycles. The van der Waals surface area contributed by atoms with Gasteiger partial charge in [0.25, 0.3) is 0 Å². The minimum absolute atomic E-state index is 0.182. The van der Waals surface area contributed by atoms with Crippen LogP contribution < -0.4 is 10.6 Å². The summed E-state index contributed by atoms with van der Waals surface area (Å²) >= 11 is 0. The van der Waals surface area contributed by atoms with Crippen LogP contribution in [0.1, 0.15) is 5.56 Å². The fourth-order valence-electron chi connectivity index (χ4n) is 1.22. The molecule has 0 spiro atoms. The third-order valence-electron chi connectivity index (χ3n) is 1.86. The predicted octanol–water partition coefficient (Wildman–Crippen LogP) is 0.437. The molecule has 1 heterocycles. The largest absolute Gasteiger partial charge is 0.409 e. The van der Waals surface area contributed by atoms with Crippen molar-refractivity contribution in [1.82, 2.24) is 4.98 Å². The number of aromatic nitrogens is 1. The normalized spacial score (nSPS) is 11.4. The van der Waals surface area contributed by atoms with Crippen LogP contribution in [0, 0.1) is 0 Å². The van der Waals surface area contributed by atoms with Crippen LogP contribution in [0.15, 0.2) is 23.6 Å². The van der Waals surface area contributed by atoms with Crippen molar-refractivity contribution < 1.29 is 5.21 Å². The Morgan fingerprint density at radius 3 is 2.93 bits per heavy atom. The zero-order chi connectivity index (χ0) is 10.6. The van der Waals surface area contributed by atoms with Crippen molar-refractivity contribution in [3.63, 3.8) is 0 Å². The lowest BCUT2D eigenvalue weighted by atomic mass is 10.1. The number of anilines is 1. The molecule has 0 saturated carbocycles. The average Bonchev–Trinajstić information content (AvgIpc) is 2.18. The molecule has 0 aromatic carbocycles. The lowest BCUT2D eigenvalue weighted by Crippen LogP contribution is -2.18. The van der Waals surface area contributed by atoms with Crippen LogP contribution in [0.5, 0.6) is 0 Å². The van der Waals surface area contributed by atoms with Crippen LogP contribution >= 0.6 is 0 Å². The summed E-state index contributed by atoms with van der Waals surface area (Å²) in [7, 11) is 3.87. The topological polar surface area (TPSA) is 74.7 Å². The zero-order valence-corrected chi connectivity index (χ0v) is 8.31. The third kappa shape index (κ3) is 2.35. The van der Waals surface area contributed by atoms with Crippen molar-refractivity contribution in [3.05, 3.63) is 24.0 Å². The van der Waals surface area contributed by atoms with E-state index in [9.17, 15) is 0 Å². The summed E-state index contributed by atoms with van der Waals surface area (Å²) in [4.78, 5) is 5.96. The van der Waals surface area contributed by atoms with Gasteiger partial charge in [0.1, 0.15) is 5.84 Å². The van der Waals surface area contributed by atoms with Crippen LogP contribution in [-0.2, 0) is 6.42 Å². The second-order valence-electron chi connectivity index (χ2n) is 3.17. The van der Waals surface area contributed by atoms with Crippen molar-refractivity contribution in [3.8, 4) is 0 Å². The maximum atomic E-state index is 8.45. The van der Waals surface area contributed by atoms with Crippen molar-refractivity contribution >= 4 is 11.5 Å². The number of nitrogens with zero attached hydrogens (tertiary/aromatic N) is 3. The molecule has 0 atom stereocenters. The van der Waals surface area contributed by atoms with Crippen LogP contribution in [0.3, 0.4) is 0 Å². The number of amidine groups is 1. The quantitative estimate of drug-likeness (QED) is 0.317. The van der Waals surface area contributed by atoms with E-state index in [1.54, 1.807) is 12.4 Å². The van der Waals surface area contributed by atoms with E-state index in [0.717, 1.165) is 11.3 Å². The molecular formula is C9H14N4O. The first kappa shape index (κ1) is 10.3. The standard InChI is InChI=1S/C9H14N4O/c1-13(2)8-3-4-11-6-7(8)5-9(10)12-14/h3-4,6,14H,5H2,1-2H3,(H2,10,12). The van der Waals surface area contributed by atoms with E-state index >= 15 is 0 Å². The highest BCUT2D eigenvalue weighted by Gasteiger charge is 2.05. The number of oxime groups is 1.